The third-order valence-corrected chi connectivity index (χ3v) is 4.79. The van der Waals surface area contributed by atoms with Crippen LogP contribution in [0.2, 0.25) is 0 Å². The van der Waals surface area contributed by atoms with Gasteiger partial charge in [-0.15, -0.1) is 0 Å². The van der Waals surface area contributed by atoms with Crippen LogP contribution >= 0.6 is 31.9 Å². The zero-order chi connectivity index (χ0) is 11.8. The average molecular weight is 348 g/mol. The van der Waals surface area contributed by atoms with Gasteiger partial charge in [0.2, 0.25) is 0 Å². The van der Waals surface area contributed by atoms with E-state index >= 15 is 0 Å². The Balaban J connectivity index is 2.37. The van der Waals surface area contributed by atoms with Gasteiger partial charge in [-0.3, -0.25) is 4.79 Å². The second-order valence-corrected chi connectivity index (χ2v) is 7.64. The van der Waals surface area contributed by atoms with E-state index in [4.69, 9.17) is 4.74 Å². The van der Waals surface area contributed by atoms with E-state index in [-0.39, 0.29) is 9.20 Å². The van der Waals surface area contributed by atoms with Gasteiger partial charge in [-0.2, -0.15) is 0 Å². The zero-order valence-electron chi connectivity index (χ0n) is 8.87. The van der Waals surface area contributed by atoms with Gasteiger partial charge in [-0.25, -0.2) is 0 Å². The van der Waals surface area contributed by atoms with Crippen molar-refractivity contribution in [2.75, 3.05) is 6.61 Å². The molecule has 1 aliphatic rings. The number of carbonyl (C=O) groups excluding carboxylic acids is 1. The molecule has 0 saturated heterocycles. The lowest BCUT2D eigenvalue weighted by Gasteiger charge is -2.17. The molecule has 0 unspecified atom stereocenters. The number of esters is 1. The van der Waals surface area contributed by atoms with Crippen molar-refractivity contribution >= 4 is 37.8 Å². The highest BCUT2D eigenvalue weighted by atomic mass is 79.9. The van der Waals surface area contributed by atoms with Crippen LogP contribution in [-0.2, 0) is 14.9 Å². The molecule has 2 nitrogen and oxygen atoms in total. The highest BCUT2D eigenvalue weighted by Crippen LogP contribution is 2.67. The molecule has 4 heteroatoms. The molecule has 1 fully saturated rings. The molecule has 1 aliphatic carbocycles. The summed E-state index contributed by atoms with van der Waals surface area (Å²) in [6.07, 6.45) is 0.711. The van der Waals surface area contributed by atoms with Crippen LogP contribution < -0.4 is 0 Å². The lowest BCUT2D eigenvalue weighted by atomic mass is 9.96. The van der Waals surface area contributed by atoms with E-state index in [9.17, 15) is 4.79 Å². The summed E-state index contributed by atoms with van der Waals surface area (Å²) in [6, 6.07) is 9.73. The van der Waals surface area contributed by atoms with Gasteiger partial charge < -0.3 is 4.74 Å². The molecule has 0 spiro atoms. The van der Waals surface area contributed by atoms with Gasteiger partial charge >= 0.3 is 5.97 Å². The monoisotopic (exact) mass is 346 g/mol. The van der Waals surface area contributed by atoms with Crippen LogP contribution in [0.1, 0.15) is 18.9 Å². The summed E-state index contributed by atoms with van der Waals surface area (Å²) in [4.78, 5) is 12.1. The molecule has 0 aromatic heterocycles. The van der Waals surface area contributed by atoms with E-state index in [1.807, 2.05) is 37.3 Å². The number of hydrogen-bond acceptors (Lipinski definition) is 2. The predicted molar refractivity (Wildman–Crippen MR) is 70.0 cm³/mol. The van der Waals surface area contributed by atoms with Crippen LogP contribution in [0.25, 0.3) is 0 Å². The van der Waals surface area contributed by atoms with E-state index in [1.165, 1.54) is 0 Å². The topological polar surface area (TPSA) is 26.3 Å². The van der Waals surface area contributed by atoms with E-state index < -0.39 is 5.41 Å². The summed E-state index contributed by atoms with van der Waals surface area (Å²) in [6.45, 7) is 2.23. The van der Waals surface area contributed by atoms with Crippen molar-refractivity contribution < 1.29 is 9.53 Å². The summed E-state index contributed by atoms with van der Waals surface area (Å²) in [5.74, 6) is -0.171. The summed E-state index contributed by atoms with van der Waals surface area (Å²) in [5.41, 5.74) is 0.409. The standard InChI is InChI=1S/C12H12Br2O2/c1-2-16-10(15)11(8-12(11,13)14)9-6-4-3-5-7-9/h3-7H,2,8H2,1H3/t11-/m0/s1. The molecule has 1 aromatic rings. The number of ether oxygens (including phenoxy) is 1. The summed E-state index contributed by atoms with van der Waals surface area (Å²) in [7, 11) is 0. The second kappa shape index (κ2) is 4.15. The first-order valence-electron chi connectivity index (χ1n) is 5.15. The van der Waals surface area contributed by atoms with Crippen LogP contribution in [-0.4, -0.2) is 15.8 Å². The first-order chi connectivity index (χ1) is 7.54. The maximum absolute atomic E-state index is 12.1. The van der Waals surface area contributed by atoms with Crippen LogP contribution in [0, 0.1) is 0 Å². The van der Waals surface area contributed by atoms with E-state index in [1.54, 1.807) is 0 Å². The maximum Gasteiger partial charge on any atom is 0.318 e. The molecule has 1 atom stereocenters. The SMILES string of the molecule is CCOC(=O)[C@@]1(c2ccccc2)CC1(Br)Br. The average Bonchev–Trinajstić information content (AvgIpc) is 2.85. The molecule has 1 saturated carbocycles. The van der Waals surface area contributed by atoms with E-state index in [0.29, 0.717) is 13.0 Å². The highest BCUT2D eigenvalue weighted by molar-refractivity contribution is 9.25. The molecular formula is C12H12Br2O2. The first kappa shape index (κ1) is 12.1. The number of carbonyl (C=O) groups is 1. The van der Waals surface area contributed by atoms with Gasteiger partial charge in [0.05, 0.1) is 6.61 Å². The minimum atomic E-state index is -0.579. The molecular weight excluding hydrogens is 336 g/mol. The number of benzene rings is 1. The Morgan fingerprint density at radius 2 is 1.94 bits per heavy atom. The quantitative estimate of drug-likeness (QED) is 0.619. The van der Waals surface area contributed by atoms with Gasteiger partial charge in [0, 0.05) is 0 Å². The number of halogens is 2. The summed E-state index contributed by atoms with van der Waals surface area (Å²) >= 11 is 7.07. The Labute approximate surface area is 112 Å². The maximum atomic E-state index is 12.1. The highest BCUT2D eigenvalue weighted by Gasteiger charge is 2.72. The fourth-order valence-corrected chi connectivity index (χ4v) is 3.54. The Morgan fingerprint density at radius 1 is 1.38 bits per heavy atom. The molecule has 16 heavy (non-hydrogen) atoms. The molecule has 0 aliphatic heterocycles. The van der Waals surface area contributed by atoms with Crippen LogP contribution in [0.4, 0.5) is 0 Å². The lowest BCUT2D eigenvalue weighted by Crippen LogP contribution is -2.28. The van der Waals surface area contributed by atoms with Gasteiger partial charge in [-0.05, 0) is 18.9 Å². The van der Waals surface area contributed by atoms with E-state index in [2.05, 4.69) is 31.9 Å². The Hall–Kier alpha value is -0.350. The van der Waals surface area contributed by atoms with Crippen molar-refractivity contribution in [1.29, 1.82) is 0 Å². The van der Waals surface area contributed by atoms with Gasteiger partial charge in [0.15, 0.2) is 0 Å². The third kappa shape index (κ3) is 1.72. The van der Waals surface area contributed by atoms with Gasteiger partial charge in [0.1, 0.15) is 8.65 Å². The minimum Gasteiger partial charge on any atom is -0.465 e. The lowest BCUT2D eigenvalue weighted by molar-refractivity contribution is -0.146. The van der Waals surface area contributed by atoms with Gasteiger partial charge in [-0.1, -0.05) is 62.2 Å². The molecule has 0 amide bonds. The van der Waals surface area contributed by atoms with Crippen molar-refractivity contribution in [3.63, 3.8) is 0 Å². The minimum absolute atomic E-state index is 0.171. The Bertz CT molecular complexity index is 403. The van der Waals surface area contributed by atoms with Gasteiger partial charge in [0.25, 0.3) is 0 Å². The van der Waals surface area contributed by atoms with Crippen LogP contribution in [0.3, 0.4) is 0 Å². The van der Waals surface area contributed by atoms with Crippen molar-refractivity contribution in [3.05, 3.63) is 35.9 Å². The van der Waals surface area contributed by atoms with E-state index in [0.717, 1.165) is 5.56 Å². The Kier molecular flexibility index (Phi) is 3.14. The Morgan fingerprint density at radius 3 is 2.38 bits per heavy atom. The fourth-order valence-electron chi connectivity index (χ4n) is 1.92. The third-order valence-electron chi connectivity index (χ3n) is 2.88. The number of hydrogen-bond donors (Lipinski definition) is 0. The number of alkyl halides is 2. The summed E-state index contributed by atoms with van der Waals surface area (Å²) in [5, 5.41) is 0. The van der Waals surface area contributed by atoms with Crippen molar-refractivity contribution in [1.82, 2.24) is 0 Å². The second-order valence-electron chi connectivity index (χ2n) is 3.87. The van der Waals surface area contributed by atoms with Crippen LogP contribution in [0.15, 0.2) is 30.3 Å². The molecule has 0 bridgehead atoms. The summed E-state index contributed by atoms with van der Waals surface area (Å²) < 4.78 is 4.80. The van der Waals surface area contributed by atoms with Crippen LogP contribution in [0.5, 0.6) is 0 Å². The van der Waals surface area contributed by atoms with Crippen molar-refractivity contribution in [2.45, 2.75) is 22.0 Å². The first-order valence-corrected chi connectivity index (χ1v) is 6.74. The largest absolute Gasteiger partial charge is 0.465 e. The smallest absolute Gasteiger partial charge is 0.318 e. The fraction of sp³-hybridized carbons (Fsp3) is 0.417. The zero-order valence-corrected chi connectivity index (χ0v) is 12.0. The van der Waals surface area contributed by atoms with Crippen molar-refractivity contribution in [3.8, 4) is 0 Å². The molecule has 0 heterocycles. The molecule has 0 N–H and O–H groups in total. The molecule has 0 radical (unpaired) electrons. The van der Waals surface area contributed by atoms with Crippen molar-refractivity contribution in [2.24, 2.45) is 0 Å². The predicted octanol–water partition coefficient (Wildman–Crippen LogP) is 3.38. The normalized spacial score (nSPS) is 26.2. The molecule has 1 aromatic carbocycles. The molecule has 2 rings (SSSR count). The number of rotatable bonds is 3. The molecule has 86 valence electrons.